The zero-order valence-electron chi connectivity index (χ0n) is 10.5. The molecule has 1 aliphatic heterocycles. The van der Waals surface area contributed by atoms with Crippen molar-refractivity contribution in [3.63, 3.8) is 0 Å². The third-order valence-corrected chi connectivity index (χ3v) is 3.20. The van der Waals surface area contributed by atoms with Crippen molar-refractivity contribution in [3.8, 4) is 0 Å². The number of benzene rings is 1. The van der Waals surface area contributed by atoms with Gasteiger partial charge in [-0.2, -0.15) is 0 Å². The third kappa shape index (κ3) is 3.00. The maximum atomic E-state index is 11.2. The third-order valence-electron chi connectivity index (χ3n) is 3.20. The van der Waals surface area contributed by atoms with Crippen LogP contribution in [0.2, 0.25) is 0 Å². The second kappa shape index (κ2) is 5.23. The Balaban J connectivity index is 2.24. The number of nitro groups is 1. The van der Waals surface area contributed by atoms with Gasteiger partial charge in [0.05, 0.1) is 10.5 Å². The van der Waals surface area contributed by atoms with Gasteiger partial charge >= 0.3 is 5.97 Å². The van der Waals surface area contributed by atoms with E-state index in [1.807, 2.05) is 7.05 Å². The summed E-state index contributed by atoms with van der Waals surface area (Å²) in [6.07, 6.45) is 0.923. The molecule has 0 aliphatic carbocycles. The van der Waals surface area contributed by atoms with Crippen LogP contribution >= 0.6 is 0 Å². The number of nitrogens with one attached hydrogen (secondary N) is 1. The lowest BCUT2D eigenvalue weighted by molar-refractivity contribution is -0.384. The molecule has 0 radical (unpaired) electrons. The van der Waals surface area contributed by atoms with Crippen LogP contribution in [0.25, 0.3) is 0 Å². The first-order valence-electron chi connectivity index (χ1n) is 5.94. The minimum absolute atomic E-state index is 0.0660. The predicted octanol–water partition coefficient (Wildman–Crippen LogP) is 1.41. The second-order valence-electron chi connectivity index (χ2n) is 4.68. The van der Waals surface area contributed by atoms with Gasteiger partial charge in [0.25, 0.3) is 5.69 Å². The molecular formula is C12H15N3O4. The molecule has 1 heterocycles. The van der Waals surface area contributed by atoms with Crippen molar-refractivity contribution in [2.45, 2.75) is 12.5 Å². The van der Waals surface area contributed by atoms with Crippen LogP contribution in [0.15, 0.2) is 18.2 Å². The van der Waals surface area contributed by atoms with Crippen LogP contribution in [-0.4, -0.2) is 47.1 Å². The number of non-ortho nitro benzene ring substituents is 1. The molecule has 1 fully saturated rings. The van der Waals surface area contributed by atoms with Gasteiger partial charge in [0.15, 0.2) is 0 Å². The van der Waals surface area contributed by atoms with Crippen LogP contribution in [0.4, 0.5) is 11.4 Å². The lowest BCUT2D eigenvalue weighted by Gasteiger charge is -2.15. The van der Waals surface area contributed by atoms with Gasteiger partial charge < -0.3 is 15.3 Å². The van der Waals surface area contributed by atoms with Crippen molar-refractivity contribution in [1.82, 2.24) is 4.90 Å². The number of carboxylic acids is 1. The first-order valence-corrected chi connectivity index (χ1v) is 5.94. The smallest absolute Gasteiger partial charge is 0.338 e. The molecule has 0 spiro atoms. The molecule has 102 valence electrons. The van der Waals surface area contributed by atoms with Crippen molar-refractivity contribution in [3.05, 3.63) is 33.9 Å². The van der Waals surface area contributed by atoms with Crippen molar-refractivity contribution in [2.24, 2.45) is 0 Å². The van der Waals surface area contributed by atoms with Crippen molar-refractivity contribution >= 4 is 17.3 Å². The number of anilines is 1. The first-order chi connectivity index (χ1) is 8.97. The van der Waals surface area contributed by atoms with Gasteiger partial charge in [-0.1, -0.05) is 0 Å². The minimum atomic E-state index is -1.17. The van der Waals surface area contributed by atoms with E-state index in [9.17, 15) is 14.9 Å². The van der Waals surface area contributed by atoms with Gasteiger partial charge in [0.1, 0.15) is 0 Å². The van der Waals surface area contributed by atoms with E-state index in [4.69, 9.17) is 5.11 Å². The fourth-order valence-electron chi connectivity index (χ4n) is 2.22. The quantitative estimate of drug-likeness (QED) is 0.631. The van der Waals surface area contributed by atoms with Crippen molar-refractivity contribution in [1.29, 1.82) is 0 Å². The molecule has 0 saturated carbocycles. The number of nitro benzene ring substituents is 1. The molecule has 1 unspecified atom stereocenters. The molecule has 19 heavy (non-hydrogen) atoms. The lowest BCUT2D eigenvalue weighted by atomic mass is 10.1. The lowest BCUT2D eigenvalue weighted by Crippen LogP contribution is -2.24. The van der Waals surface area contributed by atoms with Crippen molar-refractivity contribution < 1.29 is 14.8 Å². The van der Waals surface area contributed by atoms with Gasteiger partial charge in [-0.05, 0) is 26.1 Å². The number of likely N-dealkylation sites (tertiary alicyclic amines) is 1. The summed E-state index contributed by atoms with van der Waals surface area (Å²) in [7, 11) is 2.00. The normalized spacial score (nSPS) is 19.3. The van der Waals surface area contributed by atoms with Crippen LogP contribution in [0.3, 0.4) is 0 Å². The average Bonchev–Trinajstić information content (AvgIpc) is 2.74. The molecule has 2 N–H and O–H groups in total. The highest BCUT2D eigenvalue weighted by Gasteiger charge is 2.22. The number of carbonyl (C=O) groups is 1. The zero-order chi connectivity index (χ0) is 14.0. The number of hydrogen-bond donors (Lipinski definition) is 2. The van der Waals surface area contributed by atoms with E-state index in [2.05, 4.69) is 10.2 Å². The molecule has 0 aromatic heterocycles. The topological polar surface area (TPSA) is 95.7 Å². The molecule has 2 rings (SSSR count). The van der Waals surface area contributed by atoms with E-state index in [1.54, 1.807) is 0 Å². The van der Waals surface area contributed by atoms with Crippen LogP contribution < -0.4 is 5.32 Å². The van der Waals surface area contributed by atoms with Crippen LogP contribution in [0, 0.1) is 10.1 Å². The van der Waals surface area contributed by atoms with E-state index in [-0.39, 0.29) is 17.3 Å². The van der Waals surface area contributed by atoms with E-state index in [0.29, 0.717) is 5.69 Å². The highest BCUT2D eigenvalue weighted by molar-refractivity contribution is 5.95. The number of rotatable bonds is 4. The van der Waals surface area contributed by atoms with Crippen LogP contribution in [0.1, 0.15) is 16.8 Å². The number of carboxylic acid groups (broad SMARTS) is 1. The molecule has 0 amide bonds. The molecule has 1 atom stereocenters. The standard InChI is InChI=1S/C12H15N3O4/c1-14-5-4-8(7-14)13-11-3-2-9(15(18)19)6-10(11)12(16)17/h2-3,6,8,13H,4-5,7H2,1H3,(H,16,17). The van der Waals surface area contributed by atoms with E-state index < -0.39 is 10.9 Å². The Bertz CT molecular complexity index is 518. The van der Waals surface area contributed by atoms with Crippen LogP contribution in [-0.2, 0) is 0 Å². The molecule has 1 aliphatic rings. The molecule has 0 bridgehead atoms. The Labute approximate surface area is 110 Å². The average molecular weight is 265 g/mol. The first kappa shape index (κ1) is 13.3. The Morgan fingerprint density at radius 3 is 2.84 bits per heavy atom. The fourth-order valence-corrected chi connectivity index (χ4v) is 2.22. The summed E-state index contributed by atoms with van der Waals surface area (Å²) in [6, 6.07) is 4.03. The molecular weight excluding hydrogens is 250 g/mol. The van der Waals surface area contributed by atoms with Gasteiger partial charge in [-0.3, -0.25) is 10.1 Å². The number of hydrogen-bond acceptors (Lipinski definition) is 5. The maximum absolute atomic E-state index is 11.2. The Morgan fingerprint density at radius 1 is 1.58 bits per heavy atom. The summed E-state index contributed by atoms with van der Waals surface area (Å²) in [4.78, 5) is 23.4. The monoisotopic (exact) mass is 265 g/mol. The van der Waals surface area contributed by atoms with E-state index >= 15 is 0 Å². The van der Waals surface area contributed by atoms with Gasteiger partial charge in [0.2, 0.25) is 0 Å². The molecule has 7 heteroatoms. The minimum Gasteiger partial charge on any atom is -0.478 e. The Hall–Kier alpha value is -2.15. The number of aromatic carboxylic acids is 1. The van der Waals surface area contributed by atoms with Gasteiger partial charge in [-0.25, -0.2) is 4.79 Å². The largest absolute Gasteiger partial charge is 0.478 e. The predicted molar refractivity (Wildman–Crippen MR) is 69.6 cm³/mol. The summed E-state index contributed by atoms with van der Waals surface area (Å²) < 4.78 is 0. The summed E-state index contributed by atoms with van der Waals surface area (Å²) in [5.41, 5.74) is 0.147. The number of nitrogens with zero attached hydrogens (tertiary/aromatic N) is 2. The van der Waals surface area contributed by atoms with Crippen LogP contribution in [0.5, 0.6) is 0 Å². The molecule has 1 aromatic carbocycles. The van der Waals surface area contributed by atoms with E-state index in [1.165, 1.54) is 12.1 Å². The highest BCUT2D eigenvalue weighted by atomic mass is 16.6. The van der Waals surface area contributed by atoms with Gasteiger partial charge in [0, 0.05) is 30.4 Å². The Kier molecular flexibility index (Phi) is 3.66. The van der Waals surface area contributed by atoms with Crippen molar-refractivity contribution in [2.75, 3.05) is 25.5 Å². The molecule has 7 nitrogen and oxygen atoms in total. The summed E-state index contributed by atoms with van der Waals surface area (Å²) in [6.45, 7) is 1.78. The molecule has 1 aromatic rings. The summed E-state index contributed by atoms with van der Waals surface area (Å²) >= 11 is 0. The SMILES string of the molecule is CN1CCC(Nc2ccc([N+](=O)[O-])cc2C(=O)O)C1. The zero-order valence-corrected chi connectivity index (χ0v) is 10.5. The summed E-state index contributed by atoms with van der Waals surface area (Å²) in [5.74, 6) is -1.17. The number of likely N-dealkylation sites (N-methyl/N-ethyl adjacent to an activating group) is 1. The maximum Gasteiger partial charge on any atom is 0.338 e. The fraction of sp³-hybridized carbons (Fsp3) is 0.417. The Morgan fingerprint density at radius 2 is 2.32 bits per heavy atom. The highest BCUT2D eigenvalue weighted by Crippen LogP contribution is 2.24. The molecule has 1 saturated heterocycles. The van der Waals surface area contributed by atoms with E-state index in [0.717, 1.165) is 25.6 Å². The summed E-state index contributed by atoms with van der Waals surface area (Å²) in [5, 5.41) is 22.9. The van der Waals surface area contributed by atoms with Gasteiger partial charge in [-0.15, -0.1) is 0 Å². The second-order valence-corrected chi connectivity index (χ2v) is 4.68.